The van der Waals surface area contributed by atoms with Gasteiger partial charge in [0.15, 0.2) is 0 Å². The third-order valence-corrected chi connectivity index (χ3v) is 3.33. The van der Waals surface area contributed by atoms with Crippen LogP contribution < -0.4 is 0 Å². The molecule has 0 bridgehead atoms. The van der Waals surface area contributed by atoms with Crippen molar-refractivity contribution in [1.82, 2.24) is 4.90 Å². The molecule has 2 atom stereocenters. The Balaban J connectivity index is 2.69. The molecule has 0 aromatic heterocycles. The third kappa shape index (κ3) is 5.51. The van der Waals surface area contributed by atoms with E-state index in [1.165, 1.54) is 12.8 Å². The van der Waals surface area contributed by atoms with E-state index in [2.05, 4.69) is 19.6 Å². The van der Waals surface area contributed by atoms with Gasteiger partial charge in [0.1, 0.15) is 5.60 Å². The van der Waals surface area contributed by atoms with E-state index in [0.29, 0.717) is 5.25 Å². The highest BCUT2D eigenvalue weighted by molar-refractivity contribution is 7.80. The number of hydrogen-bond donors (Lipinski definition) is 1. The van der Waals surface area contributed by atoms with Gasteiger partial charge < -0.3 is 9.64 Å². The van der Waals surface area contributed by atoms with Crippen molar-refractivity contribution in [3.63, 3.8) is 0 Å². The molecular formula is C14H27NO2S. The minimum atomic E-state index is -0.416. The van der Waals surface area contributed by atoms with Crippen molar-refractivity contribution in [3.8, 4) is 0 Å². The van der Waals surface area contributed by atoms with Crippen LogP contribution in [-0.4, -0.2) is 34.4 Å². The average Bonchev–Trinajstić information content (AvgIpc) is 2.39. The first-order valence-corrected chi connectivity index (χ1v) is 7.49. The van der Waals surface area contributed by atoms with Crippen molar-refractivity contribution >= 4 is 18.7 Å². The van der Waals surface area contributed by atoms with Crippen LogP contribution in [0.5, 0.6) is 0 Å². The second-order valence-electron chi connectivity index (χ2n) is 6.26. The summed E-state index contributed by atoms with van der Waals surface area (Å²) in [5.74, 6) is 0. The molecule has 1 aliphatic heterocycles. The molecule has 2 unspecified atom stereocenters. The van der Waals surface area contributed by atoms with Crippen LogP contribution in [0.25, 0.3) is 0 Å². The summed E-state index contributed by atoms with van der Waals surface area (Å²) in [6.07, 6.45) is 5.34. The number of thiol groups is 1. The second-order valence-corrected chi connectivity index (χ2v) is 7.14. The number of amides is 1. The molecule has 0 aromatic rings. The van der Waals surface area contributed by atoms with Gasteiger partial charge in [0.05, 0.1) is 0 Å². The van der Waals surface area contributed by atoms with Gasteiger partial charge in [-0.05, 0) is 40.0 Å². The van der Waals surface area contributed by atoms with E-state index >= 15 is 0 Å². The molecule has 0 saturated carbocycles. The van der Waals surface area contributed by atoms with Crippen molar-refractivity contribution in [1.29, 1.82) is 0 Å². The lowest BCUT2D eigenvalue weighted by Crippen LogP contribution is -2.44. The maximum atomic E-state index is 12.2. The predicted molar refractivity (Wildman–Crippen MR) is 78.3 cm³/mol. The zero-order chi connectivity index (χ0) is 13.8. The Hall–Kier alpha value is -0.380. The van der Waals surface area contributed by atoms with Crippen molar-refractivity contribution in [3.05, 3.63) is 0 Å². The van der Waals surface area contributed by atoms with Crippen LogP contribution in [0, 0.1) is 0 Å². The molecule has 1 saturated heterocycles. The van der Waals surface area contributed by atoms with Gasteiger partial charge in [0.25, 0.3) is 0 Å². The van der Waals surface area contributed by atoms with Crippen molar-refractivity contribution in [2.75, 3.05) is 6.54 Å². The normalized spacial score (nSPS) is 23.4. The molecule has 18 heavy (non-hydrogen) atoms. The fraction of sp³-hybridized carbons (Fsp3) is 0.929. The first kappa shape index (κ1) is 15.7. The van der Waals surface area contributed by atoms with Gasteiger partial charge >= 0.3 is 6.09 Å². The first-order chi connectivity index (χ1) is 8.29. The lowest BCUT2D eigenvalue weighted by atomic mass is 10.1. The van der Waals surface area contributed by atoms with Crippen LogP contribution in [0.1, 0.15) is 59.8 Å². The fourth-order valence-corrected chi connectivity index (χ4v) is 2.62. The van der Waals surface area contributed by atoms with E-state index in [9.17, 15) is 4.79 Å². The Morgan fingerprint density at radius 2 is 2.06 bits per heavy atom. The minimum absolute atomic E-state index is 0.164. The number of likely N-dealkylation sites (tertiary alicyclic amines) is 1. The molecule has 106 valence electrons. The molecule has 0 aromatic carbocycles. The molecule has 4 heteroatoms. The highest BCUT2D eigenvalue weighted by Gasteiger charge is 2.29. The number of carbonyl (C=O) groups is 1. The van der Waals surface area contributed by atoms with Crippen molar-refractivity contribution in [2.45, 2.75) is 76.7 Å². The molecule has 0 N–H and O–H groups in total. The van der Waals surface area contributed by atoms with Crippen molar-refractivity contribution in [2.24, 2.45) is 0 Å². The SMILES string of the molecule is CC(S)CC1CCCCCN1C(=O)OC(C)(C)C. The fourth-order valence-electron chi connectivity index (χ4n) is 2.38. The predicted octanol–water partition coefficient (Wildman–Crippen LogP) is 3.87. The Morgan fingerprint density at radius 3 is 2.61 bits per heavy atom. The van der Waals surface area contributed by atoms with Gasteiger partial charge in [-0.2, -0.15) is 12.6 Å². The minimum Gasteiger partial charge on any atom is -0.444 e. The summed E-state index contributed by atoms with van der Waals surface area (Å²) in [5.41, 5.74) is -0.416. The number of nitrogens with zero attached hydrogens (tertiary/aromatic N) is 1. The van der Waals surface area contributed by atoms with Gasteiger partial charge in [0, 0.05) is 17.8 Å². The maximum absolute atomic E-state index is 12.2. The van der Waals surface area contributed by atoms with Gasteiger partial charge in [-0.3, -0.25) is 0 Å². The smallest absolute Gasteiger partial charge is 0.410 e. The molecule has 0 radical (unpaired) electrons. The van der Waals surface area contributed by atoms with E-state index in [1.54, 1.807) is 0 Å². The Bertz CT molecular complexity index is 273. The van der Waals surface area contributed by atoms with E-state index < -0.39 is 5.60 Å². The highest BCUT2D eigenvalue weighted by atomic mass is 32.1. The maximum Gasteiger partial charge on any atom is 0.410 e. The molecule has 1 fully saturated rings. The van der Waals surface area contributed by atoms with E-state index in [-0.39, 0.29) is 12.1 Å². The van der Waals surface area contributed by atoms with Crippen LogP contribution in [0.2, 0.25) is 0 Å². The molecular weight excluding hydrogens is 246 g/mol. The molecule has 1 heterocycles. The Labute approximate surface area is 117 Å². The monoisotopic (exact) mass is 273 g/mol. The third-order valence-electron chi connectivity index (χ3n) is 3.12. The van der Waals surface area contributed by atoms with Crippen LogP contribution >= 0.6 is 12.6 Å². The topological polar surface area (TPSA) is 29.5 Å². The lowest BCUT2D eigenvalue weighted by Gasteiger charge is -2.33. The molecule has 1 aliphatic rings. The van der Waals surface area contributed by atoms with Crippen LogP contribution in [0.4, 0.5) is 4.79 Å². The second kappa shape index (κ2) is 6.69. The summed E-state index contributed by atoms with van der Waals surface area (Å²) in [7, 11) is 0. The largest absolute Gasteiger partial charge is 0.444 e. The van der Waals surface area contributed by atoms with Crippen LogP contribution in [0.15, 0.2) is 0 Å². The summed E-state index contributed by atoms with van der Waals surface area (Å²) < 4.78 is 5.51. The molecule has 0 aliphatic carbocycles. The van der Waals surface area contributed by atoms with Gasteiger partial charge in [-0.25, -0.2) is 4.79 Å². The quantitative estimate of drug-likeness (QED) is 0.774. The zero-order valence-corrected chi connectivity index (χ0v) is 13.0. The first-order valence-electron chi connectivity index (χ1n) is 6.97. The van der Waals surface area contributed by atoms with Crippen LogP contribution in [0.3, 0.4) is 0 Å². The number of carbonyl (C=O) groups excluding carboxylic acids is 1. The van der Waals surface area contributed by atoms with Gasteiger partial charge in [-0.1, -0.05) is 19.8 Å². The Morgan fingerprint density at radius 1 is 1.39 bits per heavy atom. The average molecular weight is 273 g/mol. The van der Waals surface area contributed by atoms with Crippen molar-refractivity contribution < 1.29 is 9.53 Å². The number of ether oxygens (including phenoxy) is 1. The standard InChI is InChI=1S/C14H27NO2S/c1-11(18)10-12-8-6-5-7-9-15(12)13(16)17-14(2,3)4/h11-12,18H,5-10H2,1-4H3. The lowest BCUT2D eigenvalue weighted by molar-refractivity contribution is 0.0159. The van der Waals surface area contributed by atoms with Crippen LogP contribution in [-0.2, 0) is 4.74 Å². The summed E-state index contributed by atoms with van der Waals surface area (Å²) in [4.78, 5) is 14.2. The molecule has 1 amide bonds. The summed E-state index contributed by atoms with van der Waals surface area (Å²) in [6.45, 7) is 8.65. The zero-order valence-electron chi connectivity index (χ0n) is 12.1. The molecule has 0 spiro atoms. The summed E-state index contributed by atoms with van der Waals surface area (Å²) in [5, 5.41) is 0.318. The number of rotatable bonds is 2. The summed E-state index contributed by atoms with van der Waals surface area (Å²) >= 11 is 4.46. The van der Waals surface area contributed by atoms with Gasteiger partial charge in [0.2, 0.25) is 0 Å². The Kier molecular flexibility index (Phi) is 5.83. The molecule has 3 nitrogen and oxygen atoms in total. The number of hydrogen-bond acceptors (Lipinski definition) is 3. The molecule has 1 rings (SSSR count). The van der Waals surface area contributed by atoms with E-state index in [4.69, 9.17) is 4.74 Å². The highest BCUT2D eigenvalue weighted by Crippen LogP contribution is 2.24. The van der Waals surface area contributed by atoms with Gasteiger partial charge in [-0.15, -0.1) is 0 Å². The van der Waals surface area contributed by atoms with E-state index in [1.807, 2.05) is 25.7 Å². The van der Waals surface area contributed by atoms with E-state index in [0.717, 1.165) is 25.8 Å². The summed E-state index contributed by atoms with van der Waals surface area (Å²) in [6, 6.07) is 0.287.